The number of aryl methyl sites for hydroxylation is 2. The number of hydrogen-bond donors (Lipinski definition) is 1. The van der Waals surface area contributed by atoms with E-state index in [2.05, 4.69) is 85.8 Å². The summed E-state index contributed by atoms with van der Waals surface area (Å²) in [6, 6.07) is 16.9. The lowest BCUT2D eigenvalue weighted by atomic mass is 9.94. The zero-order valence-electron chi connectivity index (χ0n) is 22.4. The average Bonchev–Trinajstić information content (AvgIpc) is 3.43. The summed E-state index contributed by atoms with van der Waals surface area (Å²) in [7, 11) is 0. The topological polar surface area (TPSA) is 82.9 Å². The van der Waals surface area contributed by atoms with Crippen LogP contribution in [0.2, 0.25) is 0 Å². The summed E-state index contributed by atoms with van der Waals surface area (Å²) in [5.41, 5.74) is 5.15. The Morgan fingerprint density at radius 3 is 2.45 bits per heavy atom. The van der Waals surface area contributed by atoms with E-state index < -0.39 is 0 Å². The molecular formula is C30H37N7O. The highest BCUT2D eigenvalue weighted by atomic mass is 16.1. The minimum atomic E-state index is -0.293. The van der Waals surface area contributed by atoms with Gasteiger partial charge in [-0.1, -0.05) is 61.7 Å². The van der Waals surface area contributed by atoms with Crippen molar-refractivity contribution >= 4 is 10.9 Å². The zero-order chi connectivity index (χ0) is 26.1. The van der Waals surface area contributed by atoms with E-state index in [1.54, 1.807) is 0 Å². The van der Waals surface area contributed by atoms with Crippen LogP contribution in [0.5, 0.6) is 0 Å². The summed E-state index contributed by atoms with van der Waals surface area (Å²) in [6.07, 6.45) is 5.83. The van der Waals surface area contributed by atoms with Crippen molar-refractivity contribution in [3.63, 3.8) is 0 Å². The van der Waals surface area contributed by atoms with Crippen LogP contribution in [0, 0.1) is 13.8 Å². The van der Waals surface area contributed by atoms with Gasteiger partial charge in [-0.2, -0.15) is 0 Å². The number of tetrazole rings is 1. The Labute approximate surface area is 223 Å². The summed E-state index contributed by atoms with van der Waals surface area (Å²) in [6.45, 7) is 8.64. The molecule has 6 rings (SSSR count). The smallest absolute Gasteiger partial charge is 0.253 e. The second-order valence-electron chi connectivity index (χ2n) is 11.0. The summed E-state index contributed by atoms with van der Waals surface area (Å²) in [5, 5.41) is 14.3. The highest BCUT2D eigenvalue weighted by molar-refractivity contribution is 5.85. The van der Waals surface area contributed by atoms with Gasteiger partial charge in [0, 0.05) is 43.7 Å². The first-order chi connectivity index (χ1) is 18.6. The molecule has 8 nitrogen and oxygen atoms in total. The molecule has 38 heavy (non-hydrogen) atoms. The fraction of sp³-hybridized carbons (Fsp3) is 0.467. The van der Waals surface area contributed by atoms with Crippen LogP contribution in [0.15, 0.2) is 53.3 Å². The molecule has 4 aromatic rings. The van der Waals surface area contributed by atoms with E-state index in [0.717, 1.165) is 79.0 Å². The molecule has 2 fully saturated rings. The highest BCUT2D eigenvalue weighted by Crippen LogP contribution is 2.34. The van der Waals surface area contributed by atoms with Crippen LogP contribution >= 0.6 is 0 Å². The third-order valence-corrected chi connectivity index (χ3v) is 8.47. The molecule has 0 radical (unpaired) electrons. The molecule has 1 unspecified atom stereocenters. The molecule has 8 heteroatoms. The lowest BCUT2D eigenvalue weighted by molar-refractivity contribution is 0.0982. The molecule has 1 saturated carbocycles. The molecule has 1 atom stereocenters. The van der Waals surface area contributed by atoms with Crippen LogP contribution < -0.4 is 5.56 Å². The Kier molecular flexibility index (Phi) is 7.08. The average molecular weight is 512 g/mol. The molecule has 0 bridgehead atoms. The maximum atomic E-state index is 13.7. The Hall–Kier alpha value is -3.36. The van der Waals surface area contributed by atoms with E-state index in [-0.39, 0.29) is 11.6 Å². The number of benzene rings is 2. The summed E-state index contributed by atoms with van der Waals surface area (Å²) >= 11 is 0. The van der Waals surface area contributed by atoms with Gasteiger partial charge in [-0.15, -0.1) is 5.10 Å². The van der Waals surface area contributed by atoms with Crippen molar-refractivity contribution in [2.45, 2.75) is 64.6 Å². The van der Waals surface area contributed by atoms with E-state index in [9.17, 15) is 4.79 Å². The summed E-state index contributed by atoms with van der Waals surface area (Å²) < 4.78 is 2.03. The molecule has 0 spiro atoms. The number of pyridine rings is 1. The van der Waals surface area contributed by atoms with E-state index in [1.807, 2.05) is 11.6 Å². The maximum absolute atomic E-state index is 13.7. The van der Waals surface area contributed by atoms with Crippen molar-refractivity contribution in [1.29, 1.82) is 0 Å². The van der Waals surface area contributed by atoms with E-state index in [4.69, 9.17) is 0 Å². The number of aromatic amines is 1. The van der Waals surface area contributed by atoms with Crippen molar-refractivity contribution in [1.82, 2.24) is 35.0 Å². The predicted molar refractivity (Wildman–Crippen MR) is 149 cm³/mol. The molecule has 1 aliphatic heterocycles. The number of H-pyrrole nitrogens is 1. The predicted octanol–water partition coefficient (Wildman–Crippen LogP) is 4.54. The van der Waals surface area contributed by atoms with Crippen molar-refractivity contribution in [2.24, 2.45) is 0 Å². The van der Waals surface area contributed by atoms with Gasteiger partial charge in [-0.25, -0.2) is 4.68 Å². The third-order valence-electron chi connectivity index (χ3n) is 8.47. The van der Waals surface area contributed by atoms with E-state index in [1.165, 1.54) is 24.8 Å². The number of fused-ring (bicyclic) bond motifs is 1. The molecule has 2 aromatic carbocycles. The first kappa shape index (κ1) is 24.9. The zero-order valence-corrected chi connectivity index (χ0v) is 22.4. The first-order valence-corrected chi connectivity index (χ1v) is 14.0. The minimum Gasteiger partial charge on any atom is -0.321 e. The molecule has 1 aliphatic carbocycles. The standard InChI is InChI=1S/C30H37N7O/c1-21-13-14-22(2)27-25(21)19-26(30(38)31-27)28(29-32-33-34-37(29)24-11-7-4-8-12-24)36-17-15-35(16-18-36)20-23-9-5-3-6-10-23/h3,5-6,9-10,13-14,19,24,28H,4,7-8,11-12,15-18,20H2,1-2H3,(H,31,38). The number of hydrogen-bond acceptors (Lipinski definition) is 6. The van der Waals surface area contributed by atoms with Crippen molar-refractivity contribution < 1.29 is 0 Å². The van der Waals surface area contributed by atoms with Crippen molar-refractivity contribution in [3.05, 3.63) is 87.0 Å². The summed E-state index contributed by atoms with van der Waals surface area (Å²) in [4.78, 5) is 21.8. The lowest BCUT2D eigenvalue weighted by Gasteiger charge is -2.39. The quantitative estimate of drug-likeness (QED) is 0.409. The van der Waals surface area contributed by atoms with Gasteiger partial charge in [-0.05, 0) is 59.9 Å². The van der Waals surface area contributed by atoms with Gasteiger partial charge >= 0.3 is 0 Å². The molecule has 1 N–H and O–H groups in total. The third kappa shape index (κ3) is 4.90. The van der Waals surface area contributed by atoms with E-state index in [0.29, 0.717) is 6.04 Å². The van der Waals surface area contributed by atoms with Crippen LogP contribution in [0.3, 0.4) is 0 Å². The normalized spacial score (nSPS) is 18.7. The number of nitrogens with zero attached hydrogens (tertiary/aromatic N) is 6. The lowest BCUT2D eigenvalue weighted by Crippen LogP contribution is -2.48. The maximum Gasteiger partial charge on any atom is 0.253 e. The van der Waals surface area contributed by atoms with Crippen LogP contribution in [-0.4, -0.2) is 61.2 Å². The molecule has 198 valence electrons. The van der Waals surface area contributed by atoms with Gasteiger partial charge in [0.05, 0.1) is 11.6 Å². The molecule has 2 aromatic heterocycles. The van der Waals surface area contributed by atoms with Crippen LogP contribution in [0.4, 0.5) is 0 Å². The van der Waals surface area contributed by atoms with Gasteiger partial charge in [-0.3, -0.25) is 14.6 Å². The van der Waals surface area contributed by atoms with Gasteiger partial charge in [0.15, 0.2) is 5.82 Å². The number of rotatable bonds is 6. The molecule has 1 saturated heterocycles. The van der Waals surface area contributed by atoms with Crippen molar-refractivity contribution in [2.75, 3.05) is 26.2 Å². The fourth-order valence-electron chi connectivity index (χ4n) is 6.28. The van der Waals surface area contributed by atoms with Crippen LogP contribution in [-0.2, 0) is 6.54 Å². The molecule has 2 aliphatic rings. The summed E-state index contributed by atoms with van der Waals surface area (Å²) in [5.74, 6) is 0.795. The Morgan fingerprint density at radius 2 is 1.68 bits per heavy atom. The number of nitrogens with one attached hydrogen (secondary N) is 1. The van der Waals surface area contributed by atoms with Crippen LogP contribution in [0.25, 0.3) is 10.9 Å². The SMILES string of the molecule is Cc1ccc(C)c2[nH]c(=O)c(C(c3nnnn3C3CCCCC3)N3CCN(Cc4ccccc4)CC3)cc12. The largest absolute Gasteiger partial charge is 0.321 e. The minimum absolute atomic E-state index is 0.0545. The Balaban J connectivity index is 1.37. The molecular weight excluding hydrogens is 474 g/mol. The second kappa shape index (κ2) is 10.8. The monoisotopic (exact) mass is 511 g/mol. The van der Waals surface area contributed by atoms with Crippen LogP contribution in [0.1, 0.15) is 72.3 Å². The van der Waals surface area contributed by atoms with Crippen molar-refractivity contribution in [3.8, 4) is 0 Å². The molecule has 3 heterocycles. The van der Waals surface area contributed by atoms with Gasteiger partial charge < -0.3 is 4.98 Å². The second-order valence-corrected chi connectivity index (χ2v) is 11.0. The fourth-order valence-corrected chi connectivity index (χ4v) is 6.28. The van der Waals surface area contributed by atoms with Gasteiger partial charge in [0.1, 0.15) is 6.04 Å². The molecule has 0 amide bonds. The first-order valence-electron chi connectivity index (χ1n) is 14.0. The number of piperazine rings is 1. The van der Waals surface area contributed by atoms with E-state index >= 15 is 0 Å². The highest BCUT2D eigenvalue weighted by Gasteiger charge is 2.34. The number of aromatic nitrogens is 5. The Morgan fingerprint density at radius 1 is 0.947 bits per heavy atom. The van der Waals surface area contributed by atoms with Gasteiger partial charge in [0.2, 0.25) is 0 Å². The Bertz CT molecular complexity index is 1450. The van der Waals surface area contributed by atoms with Gasteiger partial charge in [0.25, 0.3) is 5.56 Å².